The van der Waals surface area contributed by atoms with Gasteiger partial charge in [0.05, 0.1) is 6.54 Å². The molecule has 1 saturated heterocycles. The fourth-order valence-corrected chi connectivity index (χ4v) is 1.98. The van der Waals surface area contributed by atoms with E-state index >= 15 is 0 Å². The van der Waals surface area contributed by atoms with Gasteiger partial charge in [-0.15, -0.1) is 24.0 Å². The van der Waals surface area contributed by atoms with Gasteiger partial charge in [0.25, 0.3) is 0 Å². The molecule has 2 rings (SSSR count). The lowest BCUT2D eigenvalue weighted by molar-refractivity contribution is 0.270. The van der Waals surface area contributed by atoms with Crippen LogP contribution in [-0.4, -0.2) is 29.1 Å². The minimum absolute atomic E-state index is 0. The number of hydrogen-bond donors (Lipinski definition) is 1. The number of rotatable bonds is 2. The number of nitrogens with two attached hydrogens (primary N) is 1. The summed E-state index contributed by atoms with van der Waals surface area (Å²) in [5, 5.41) is 3.79. The molecule has 1 fully saturated rings. The van der Waals surface area contributed by atoms with E-state index in [0.29, 0.717) is 18.4 Å². The van der Waals surface area contributed by atoms with Crippen molar-refractivity contribution in [1.82, 2.24) is 10.1 Å². The molecular formula is C11H19IN4O. The van der Waals surface area contributed by atoms with E-state index < -0.39 is 0 Å². The molecule has 0 amide bonds. The summed E-state index contributed by atoms with van der Waals surface area (Å²) in [5.41, 5.74) is 6.76. The molecule has 1 atom stereocenters. The van der Waals surface area contributed by atoms with Crippen LogP contribution >= 0.6 is 24.0 Å². The van der Waals surface area contributed by atoms with Crippen LogP contribution in [0.25, 0.3) is 0 Å². The van der Waals surface area contributed by atoms with E-state index in [1.807, 2.05) is 0 Å². The molecular weight excluding hydrogens is 331 g/mol. The maximum absolute atomic E-state index is 5.94. The van der Waals surface area contributed by atoms with E-state index in [4.69, 9.17) is 10.3 Å². The average molecular weight is 350 g/mol. The van der Waals surface area contributed by atoms with Crippen LogP contribution < -0.4 is 5.73 Å². The summed E-state index contributed by atoms with van der Waals surface area (Å²) in [6.45, 7) is 4.76. The highest BCUT2D eigenvalue weighted by Crippen LogP contribution is 2.14. The smallest absolute Gasteiger partial charge is 0.191 e. The van der Waals surface area contributed by atoms with Crippen LogP contribution in [0.3, 0.4) is 0 Å². The SMILES string of the molecule is CC1CCCN(C(N)=NCc2ccon2)C1.I. The van der Waals surface area contributed by atoms with Crippen molar-refractivity contribution in [3.8, 4) is 0 Å². The van der Waals surface area contributed by atoms with Crippen molar-refractivity contribution in [3.05, 3.63) is 18.0 Å². The predicted octanol–water partition coefficient (Wildman–Crippen LogP) is 1.84. The largest absolute Gasteiger partial charge is 0.370 e. The van der Waals surface area contributed by atoms with Gasteiger partial charge in [-0.05, 0) is 18.8 Å². The van der Waals surface area contributed by atoms with Crippen molar-refractivity contribution in [1.29, 1.82) is 0 Å². The van der Waals surface area contributed by atoms with Gasteiger partial charge in [0, 0.05) is 19.2 Å². The van der Waals surface area contributed by atoms with Gasteiger partial charge in [-0.1, -0.05) is 12.1 Å². The zero-order chi connectivity index (χ0) is 11.4. The Morgan fingerprint density at radius 1 is 1.71 bits per heavy atom. The van der Waals surface area contributed by atoms with Crippen molar-refractivity contribution in [2.24, 2.45) is 16.6 Å². The van der Waals surface area contributed by atoms with E-state index in [1.54, 1.807) is 12.3 Å². The van der Waals surface area contributed by atoms with Crippen molar-refractivity contribution >= 4 is 29.9 Å². The molecule has 0 aromatic carbocycles. The number of aliphatic imine (C=N–C) groups is 1. The van der Waals surface area contributed by atoms with E-state index in [2.05, 4.69) is 22.0 Å². The first kappa shape index (κ1) is 14.3. The second-order valence-electron chi connectivity index (χ2n) is 4.36. The number of halogens is 1. The molecule has 1 aromatic heterocycles. The Labute approximate surface area is 118 Å². The zero-order valence-corrected chi connectivity index (χ0v) is 12.3. The average Bonchev–Trinajstić information content (AvgIpc) is 2.78. The summed E-state index contributed by atoms with van der Waals surface area (Å²) in [6, 6.07) is 1.80. The van der Waals surface area contributed by atoms with Crippen molar-refractivity contribution < 1.29 is 4.52 Å². The van der Waals surface area contributed by atoms with Crippen LogP contribution in [0.4, 0.5) is 0 Å². The van der Waals surface area contributed by atoms with Gasteiger partial charge in [-0.25, -0.2) is 4.99 Å². The summed E-state index contributed by atoms with van der Waals surface area (Å²) < 4.78 is 4.74. The Balaban J connectivity index is 0.00000144. The Bertz CT molecular complexity index is 352. The minimum Gasteiger partial charge on any atom is -0.370 e. The quantitative estimate of drug-likeness (QED) is 0.502. The number of aromatic nitrogens is 1. The van der Waals surface area contributed by atoms with Crippen LogP contribution in [0.5, 0.6) is 0 Å². The van der Waals surface area contributed by atoms with Gasteiger partial charge < -0.3 is 15.2 Å². The van der Waals surface area contributed by atoms with Crippen molar-refractivity contribution in [2.45, 2.75) is 26.3 Å². The van der Waals surface area contributed by atoms with E-state index in [-0.39, 0.29) is 24.0 Å². The molecule has 6 heteroatoms. The van der Waals surface area contributed by atoms with Gasteiger partial charge in [-0.3, -0.25) is 0 Å². The molecule has 0 bridgehead atoms. The molecule has 17 heavy (non-hydrogen) atoms. The third-order valence-electron chi connectivity index (χ3n) is 2.88. The van der Waals surface area contributed by atoms with E-state index in [1.165, 1.54) is 12.8 Å². The summed E-state index contributed by atoms with van der Waals surface area (Å²) in [4.78, 5) is 6.47. The Kier molecular flexibility index (Phi) is 5.73. The van der Waals surface area contributed by atoms with Crippen LogP contribution in [0, 0.1) is 5.92 Å². The van der Waals surface area contributed by atoms with E-state index in [9.17, 15) is 0 Å². The fraction of sp³-hybridized carbons (Fsp3) is 0.636. The highest BCUT2D eigenvalue weighted by molar-refractivity contribution is 14.0. The lowest BCUT2D eigenvalue weighted by Gasteiger charge is -2.31. The first-order valence-electron chi connectivity index (χ1n) is 5.70. The normalized spacial score (nSPS) is 21.1. The van der Waals surface area contributed by atoms with Gasteiger partial charge in [-0.2, -0.15) is 0 Å². The molecule has 1 unspecified atom stereocenters. The molecule has 5 nitrogen and oxygen atoms in total. The molecule has 0 radical (unpaired) electrons. The first-order valence-corrected chi connectivity index (χ1v) is 5.70. The molecule has 96 valence electrons. The number of nitrogens with zero attached hydrogens (tertiary/aromatic N) is 3. The van der Waals surface area contributed by atoms with E-state index in [0.717, 1.165) is 18.8 Å². The Hall–Kier alpha value is -0.790. The third kappa shape index (κ3) is 4.18. The summed E-state index contributed by atoms with van der Waals surface area (Å²) in [6.07, 6.45) is 4.03. The highest BCUT2D eigenvalue weighted by atomic mass is 127. The second-order valence-corrected chi connectivity index (χ2v) is 4.36. The monoisotopic (exact) mass is 350 g/mol. The lowest BCUT2D eigenvalue weighted by atomic mass is 10.0. The third-order valence-corrected chi connectivity index (χ3v) is 2.88. The van der Waals surface area contributed by atoms with Gasteiger partial charge in [0.15, 0.2) is 5.96 Å². The lowest BCUT2D eigenvalue weighted by Crippen LogP contribution is -2.43. The van der Waals surface area contributed by atoms with Gasteiger partial charge in [0.1, 0.15) is 12.0 Å². The molecule has 0 spiro atoms. The van der Waals surface area contributed by atoms with Crippen LogP contribution in [0.15, 0.2) is 21.8 Å². The highest BCUT2D eigenvalue weighted by Gasteiger charge is 2.17. The maximum Gasteiger partial charge on any atom is 0.191 e. The van der Waals surface area contributed by atoms with Gasteiger partial charge in [0.2, 0.25) is 0 Å². The molecule has 1 aromatic rings. The molecule has 2 heterocycles. The van der Waals surface area contributed by atoms with Crippen LogP contribution in [0.2, 0.25) is 0 Å². The van der Waals surface area contributed by atoms with Crippen LogP contribution in [0.1, 0.15) is 25.5 Å². The molecule has 2 N–H and O–H groups in total. The summed E-state index contributed by atoms with van der Waals surface area (Å²) >= 11 is 0. The number of likely N-dealkylation sites (tertiary alicyclic amines) is 1. The first-order chi connectivity index (χ1) is 7.75. The fourth-order valence-electron chi connectivity index (χ4n) is 1.98. The van der Waals surface area contributed by atoms with Crippen molar-refractivity contribution in [2.75, 3.05) is 13.1 Å². The van der Waals surface area contributed by atoms with Crippen molar-refractivity contribution in [3.63, 3.8) is 0 Å². The van der Waals surface area contributed by atoms with Crippen LogP contribution in [-0.2, 0) is 6.54 Å². The second kappa shape index (κ2) is 6.83. The molecule has 0 saturated carbocycles. The number of guanidine groups is 1. The maximum atomic E-state index is 5.94. The minimum atomic E-state index is 0. The molecule has 1 aliphatic heterocycles. The number of hydrogen-bond acceptors (Lipinski definition) is 3. The Morgan fingerprint density at radius 2 is 2.53 bits per heavy atom. The zero-order valence-electron chi connectivity index (χ0n) is 10.0. The summed E-state index contributed by atoms with van der Waals surface area (Å²) in [5.74, 6) is 1.32. The molecule has 0 aliphatic carbocycles. The molecule has 1 aliphatic rings. The predicted molar refractivity (Wildman–Crippen MR) is 77.2 cm³/mol. The summed E-state index contributed by atoms with van der Waals surface area (Å²) in [7, 11) is 0. The number of piperidine rings is 1. The Morgan fingerprint density at radius 3 is 3.18 bits per heavy atom. The topological polar surface area (TPSA) is 67.7 Å². The standard InChI is InChI=1S/C11H18N4O.HI/c1-9-3-2-5-15(8-9)11(12)13-7-10-4-6-16-14-10;/h4,6,9H,2-3,5,7-8H2,1H3,(H2,12,13);1H. The van der Waals surface area contributed by atoms with Gasteiger partial charge >= 0.3 is 0 Å².